The number of benzene rings is 2. The highest BCUT2D eigenvalue weighted by atomic mass is 79.9. The van der Waals surface area contributed by atoms with Crippen molar-refractivity contribution in [2.75, 3.05) is 0 Å². The Kier molecular flexibility index (Phi) is 7.79. The molecular formula is C24H25BrN2O4S. The van der Waals surface area contributed by atoms with Gasteiger partial charge < -0.3 is 9.84 Å². The highest BCUT2D eigenvalue weighted by molar-refractivity contribution is 9.10. The number of rotatable bonds is 7. The number of hydrogen-bond donors (Lipinski definition) is 1. The molecule has 0 aromatic heterocycles. The molecule has 3 rings (SSSR count). The third kappa shape index (κ3) is 5.81. The van der Waals surface area contributed by atoms with Crippen LogP contribution >= 0.6 is 27.7 Å². The van der Waals surface area contributed by atoms with Crippen LogP contribution in [0.3, 0.4) is 0 Å². The van der Waals surface area contributed by atoms with Crippen molar-refractivity contribution in [2.45, 2.75) is 46.4 Å². The van der Waals surface area contributed by atoms with Crippen molar-refractivity contribution >= 4 is 50.8 Å². The molecule has 2 aromatic rings. The molecule has 1 heterocycles. The zero-order chi connectivity index (χ0) is 23.4. The summed E-state index contributed by atoms with van der Waals surface area (Å²) in [5, 5.41) is 9.75. The van der Waals surface area contributed by atoms with Crippen molar-refractivity contribution in [3.05, 3.63) is 68.5 Å². The van der Waals surface area contributed by atoms with Crippen LogP contribution in [0, 0.1) is 0 Å². The number of thioether (sulfide) groups is 1. The largest absolute Gasteiger partial charge is 0.488 e. The van der Waals surface area contributed by atoms with Crippen molar-refractivity contribution in [1.82, 2.24) is 4.90 Å². The molecule has 1 fully saturated rings. The second kappa shape index (κ2) is 10.4. The monoisotopic (exact) mass is 516 g/mol. The molecular weight excluding hydrogens is 492 g/mol. The van der Waals surface area contributed by atoms with Gasteiger partial charge in [-0.25, -0.2) is 4.79 Å². The van der Waals surface area contributed by atoms with Gasteiger partial charge in [0, 0.05) is 22.1 Å². The van der Waals surface area contributed by atoms with E-state index in [1.807, 2.05) is 52.0 Å². The van der Waals surface area contributed by atoms with Gasteiger partial charge in [0.05, 0.1) is 10.5 Å². The summed E-state index contributed by atoms with van der Waals surface area (Å²) in [5.41, 5.74) is 1.85. The number of ether oxygens (including phenoxy) is 1. The summed E-state index contributed by atoms with van der Waals surface area (Å²) in [5.74, 6) is -0.407. The molecule has 2 aromatic carbocycles. The van der Waals surface area contributed by atoms with Gasteiger partial charge in [-0.1, -0.05) is 28.1 Å². The highest BCUT2D eigenvalue weighted by Gasteiger charge is 2.35. The van der Waals surface area contributed by atoms with E-state index in [-0.39, 0.29) is 30.2 Å². The molecule has 1 N–H and O–H groups in total. The molecule has 0 unspecified atom stereocenters. The summed E-state index contributed by atoms with van der Waals surface area (Å²) < 4.78 is 6.88. The lowest BCUT2D eigenvalue weighted by Gasteiger charge is -2.20. The van der Waals surface area contributed by atoms with E-state index in [2.05, 4.69) is 20.9 Å². The summed E-state index contributed by atoms with van der Waals surface area (Å²) in [6, 6.07) is 12.3. The molecule has 168 valence electrons. The van der Waals surface area contributed by atoms with Crippen LogP contribution < -0.4 is 4.74 Å². The summed E-state index contributed by atoms with van der Waals surface area (Å²) in [4.78, 5) is 31.0. The summed E-state index contributed by atoms with van der Waals surface area (Å²) in [6.07, 6.45) is 1.83. The molecule has 1 amide bonds. The molecule has 32 heavy (non-hydrogen) atoms. The van der Waals surface area contributed by atoms with Crippen LogP contribution in [-0.4, -0.2) is 39.1 Å². The first-order valence-corrected chi connectivity index (χ1v) is 11.8. The van der Waals surface area contributed by atoms with Gasteiger partial charge in [0.1, 0.15) is 12.4 Å². The Morgan fingerprint density at radius 3 is 2.47 bits per heavy atom. The zero-order valence-corrected chi connectivity index (χ0v) is 20.7. The number of aromatic carboxylic acids is 1. The SMILES string of the molecule is CC(C)N=C1S/C(=C/c2cc(Br)ccc2OCc2ccc(C(=O)O)cc2)C(=O)N1C(C)C. The normalized spacial score (nSPS) is 16.6. The van der Waals surface area contributed by atoms with E-state index >= 15 is 0 Å². The quantitative estimate of drug-likeness (QED) is 0.469. The third-order valence-corrected chi connectivity index (χ3v) is 6.07. The number of amidine groups is 1. The number of hydrogen-bond acceptors (Lipinski definition) is 5. The maximum absolute atomic E-state index is 13.1. The number of carbonyl (C=O) groups excluding carboxylic acids is 1. The molecule has 1 saturated heterocycles. The summed E-state index contributed by atoms with van der Waals surface area (Å²) in [6.45, 7) is 8.20. The first-order chi connectivity index (χ1) is 15.2. The fourth-order valence-corrected chi connectivity index (χ4v) is 4.66. The van der Waals surface area contributed by atoms with Gasteiger partial charge in [-0.2, -0.15) is 0 Å². The van der Waals surface area contributed by atoms with E-state index in [1.165, 1.54) is 11.8 Å². The van der Waals surface area contributed by atoms with Crippen LogP contribution in [0.5, 0.6) is 5.75 Å². The summed E-state index contributed by atoms with van der Waals surface area (Å²) >= 11 is 4.86. The molecule has 0 bridgehead atoms. The van der Waals surface area contributed by atoms with Gasteiger partial charge in [-0.3, -0.25) is 14.7 Å². The maximum atomic E-state index is 13.1. The highest BCUT2D eigenvalue weighted by Crippen LogP contribution is 2.36. The summed E-state index contributed by atoms with van der Waals surface area (Å²) in [7, 11) is 0. The van der Waals surface area contributed by atoms with Crippen LogP contribution in [0.4, 0.5) is 0 Å². The Labute approximate surface area is 200 Å². The number of aliphatic imine (C=N–C) groups is 1. The number of carbonyl (C=O) groups is 2. The Hall–Kier alpha value is -2.58. The number of amides is 1. The number of carboxylic acid groups (broad SMARTS) is 1. The molecule has 0 atom stereocenters. The van der Waals surface area contributed by atoms with E-state index in [1.54, 1.807) is 29.2 Å². The van der Waals surface area contributed by atoms with Gasteiger partial charge in [0.2, 0.25) is 0 Å². The van der Waals surface area contributed by atoms with E-state index in [0.717, 1.165) is 15.6 Å². The van der Waals surface area contributed by atoms with Crippen LogP contribution in [0.25, 0.3) is 6.08 Å². The standard InChI is InChI=1S/C24H25BrN2O4S/c1-14(2)26-24-27(15(3)4)22(28)21(32-24)12-18-11-19(25)9-10-20(18)31-13-16-5-7-17(8-6-16)23(29)30/h5-12,14-15H,13H2,1-4H3,(H,29,30)/b21-12+,26-24?. The second-order valence-corrected chi connectivity index (χ2v) is 9.78. The van der Waals surface area contributed by atoms with E-state index in [0.29, 0.717) is 15.8 Å². The predicted molar refractivity (Wildman–Crippen MR) is 132 cm³/mol. The fraction of sp³-hybridized carbons (Fsp3) is 0.292. The molecule has 0 spiro atoms. The minimum absolute atomic E-state index is 0.00500. The fourth-order valence-electron chi connectivity index (χ4n) is 3.06. The Morgan fingerprint density at radius 1 is 1.19 bits per heavy atom. The molecule has 1 aliphatic heterocycles. The number of halogens is 1. The lowest BCUT2D eigenvalue weighted by molar-refractivity contribution is -0.123. The van der Waals surface area contributed by atoms with Gasteiger partial charge in [0.25, 0.3) is 5.91 Å². The Bertz CT molecular complexity index is 1080. The van der Waals surface area contributed by atoms with Gasteiger partial charge >= 0.3 is 5.97 Å². The first kappa shape index (κ1) is 24.1. The van der Waals surface area contributed by atoms with Gasteiger partial charge in [-0.05, 0) is 81.4 Å². The van der Waals surface area contributed by atoms with Crippen LogP contribution in [0.15, 0.2) is 56.8 Å². The van der Waals surface area contributed by atoms with Gasteiger partial charge in [0.15, 0.2) is 5.17 Å². The van der Waals surface area contributed by atoms with Crippen LogP contribution in [0.1, 0.15) is 49.2 Å². The molecule has 8 heteroatoms. The van der Waals surface area contributed by atoms with Crippen molar-refractivity contribution in [2.24, 2.45) is 4.99 Å². The predicted octanol–water partition coefficient (Wildman–Crippen LogP) is 5.82. The maximum Gasteiger partial charge on any atom is 0.335 e. The Balaban J connectivity index is 1.87. The van der Waals surface area contributed by atoms with E-state index in [9.17, 15) is 9.59 Å². The molecule has 6 nitrogen and oxygen atoms in total. The molecule has 0 aliphatic carbocycles. The van der Waals surface area contributed by atoms with Crippen LogP contribution in [0.2, 0.25) is 0 Å². The lowest BCUT2D eigenvalue weighted by atomic mass is 10.1. The average molecular weight is 517 g/mol. The molecule has 0 saturated carbocycles. The minimum atomic E-state index is -0.964. The van der Waals surface area contributed by atoms with E-state index in [4.69, 9.17) is 9.84 Å². The lowest BCUT2D eigenvalue weighted by Crippen LogP contribution is -2.35. The second-order valence-electron chi connectivity index (χ2n) is 7.86. The minimum Gasteiger partial charge on any atom is -0.488 e. The third-order valence-electron chi connectivity index (χ3n) is 4.58. The number of nitrogens with zero attached hydrogens (tertiary/aromatic N) is 2. The van der Waals surface area contributed by atoms with Crippen molar-refractivity contribution in [3.8, 4) is 5.75 Å². The molecule has 1 aliphatic rings. The van der Waals surface area contributed by atoms with Crippen molar-refractivity contribution < 1.29 is 19.4 Å². The smallest absolute Gasteiger partial charge is 0.335 e. The number of carboxylic acids is 1. The zero-order valence-electron chi connectivity index (χ0n) is 18.3. The first-order valence-electron chi connectivity index (χ1n) is 10.2. The Morgan fingerprint density at radius 2 is 1.88 bits per heavy atom. The van der Waals surface area contributed by atoms with Crippen molar-refractivity contribution in [1.29, 1.82) is 0 Å². The van der Waals surface area contributed by atoms with Crippen LogP contribution in [-0.2, 0) is 11.4 Å². The topological polar surface area (TPSA) is 79.2 Å². The van der Waals surface area contributed by atoms with Crippen molar-refractivity contribution in [3.63, 3.8) is 0 Å². The molecule has 0 radical (unpaired) electrons. The van der Waals surface area contributed by atoms with Gasteiger partial charge in [-0.15, -0.1) is 0 Å². The van der Waals surface area contributed by atoms with E-state index < -0.39 is 5.97 Å². The average Bonchev–Trinajstić information content (AvgIpc) is 3.01.